The second-order valence-corrected chi connectivity index (χ2v) is 4.46. The number of hydrogen-bond acceptors (Lipinski definition) is 2. The zero-order chi connectivity index (χ0) is 11.4. The smallest absolute Gasteiger partial charge is 0.224 e. The fourth-order valence-corrected chi connectivity index (χ4v) is 2.10. The Morgan fingerprint density at radius 3 is 2.88 bits per heavy atom. The van der Waals surface area contributed by atoms with Gasteiger partial charge in [0.1, 0.15) is 0 Å². The van der Waals surface area contributed by atoms with Crippen LogP contribution >= 0.6 is 0 Å². The van der Waals surface area contributed by atoms with E-state index in [4.69, 9.17) is 0 Å². The van der Waals surface area contributed by atoms with Crippen LogP contribution in [0.3, 0.4) is 0 Å². The quantitative estimate of drug-likeness (QED) is 0.705. The molecule has 1 fully saturated rings. The summed E-state index contributed by atoms with van der Waals surface area (Å²) in [4.78, 5) is 14.8. The molecule has 1 aromatic heterocycles. The van der Waals surface area contributed by atoms with Gasteiger partial charge in [0.25, 0.3) is 0 Å². The highest BCUT2D eigenvalue weighted by Gasteiger charge is 2.15. The molecule has 0 aliphatic carbocycles. The highest BCUT2D eigenvalue weighted by molar-refractivity contribution is 5.78. The first-order chi connectivity index (χ1) is 7.74. The Morgan fingerprint density at radius 1 is 1.50 bits per heavy atom. The fourth-order valence-electron chi connectivity index (χ4n) is 2.10. The summed E-state index contributed by atoms with van der Waals surface area (Å²) in [7, 11) is 0. The highest BCUT2D eigenvalue weighted by Crippen LogP contribution is 2.05. The van der Waals surface area contributed by atoms with E-state index in [1.165, 1.54) is 0 Å². The molecule has 88 valence electrons. The first-order valence-corrected chi connectivity index (χ1v) is 5.88. The summed E-state index contributed by atoms with van der Waals surface area (Å²) in [6, 6.07) is 2.37. The van der Waals surface area contributed by atoms with Crippen molar-refractivity contribution in [2.75, 3.05) is 13.1 Å². The zero-order valence-electron chi connectivity index (χ0n) is 9.68. The molecule has 0 atom stereocenters. The average Bonchev–Trinajstić information content (AvgIpc) is 2.65. The molecule has 4 nitrogen and oxygen atoms in total. The van der Waals surface area contributed by atoms with Gasteiger partial charge in [-0.05, 0) is 44.5 Å². The van der Waals surface area contributed by atoms with Crippen molar-refractivity contribution in [2.24, 2.45) is 0 Å². The third-order valence-corrected chi connectivity index (χ3v) is 2.96. The van der Waals surface area contributed by atoms with E-state index in [1.54, 1.807) is 0 Å². The van der Waals surface area contributed by atoms with Crippen LogP contribution in [0.5, 0.6) is 0 Å². The summed E-state index contributed by atoms with van der Waals surface area (Å²) in [5.74, 6) is 0.130. The van der Waals surface area contributed by atoms with E-state index in [1.807, 2.05) is 19.2 Å². The SMILES string of the molecule is Cc1cc(CC(=O)NC2CCNCC2)c[nH]1. The van der Waals surface area contributed by atoms with Crippen molar-refractivity contribution < 1.29 is 4.79 Å². The van der Waals surface area contributed by atoms with Crippen LogP contribution in [0.4, 0.5) is 0 Å². The molecule has 16 heavy (non-hydrogen) atoms. The lowest BCUT2D eigenvalue weighted by atomic mass is 10.1. The first-order valence-electron chi connectivity index (χ1n) is 5.88. The summed E-state index contributed by atoms with van der Waals surface area (Å²) in [6.07, 6.45) is 4.46. The van der Waals surface area contributed by atoms with Gasteiger partial charge in [-0.25, -0.2) is 0 Å². The minimum Gasteiger partial charge on any atom is -0.365 e. The van der Waals surface area contributed by atoms with Gasteiger partial charge in [-0.2, -0.15) is 0 Å². The summed E-state index contributed by atoms with van der Waals surface area (Å²) in [6.45, 7) is 4.01. The van der Waals surface area contributed by atoms with Gasteiger partial charge in [0.15, 0.2) is 0 Å². The number of aryl methyl sites for hydroxylation is 1. The van der Waals surface area contributed by atoms with Gasteiger partial charge in [-0.1, -0.05) is 0 Å². The molecule has 2 rings (SSSR count). The number of H-pyrrole nitrogens is 1. The number of aromatic nitrogens is 1. The maximum atomic E-state index is 11.7. The van der Waals surface area contributed by atoms with Gasteiger partial charge in [-0.3, -0.25) is 4.79 Å². The lowest BCUT2D eigenvalue weighted by Crippen LogP contribution is -2.43. The summed E-state index contributed by atoms with van der Waals surface area (Å²) in [5.41, 5.74) is 2.16. The van der Waals surface area contributed by atoms with Crippen LogP contribution in [0, 0.1) is 6.92 Å². The Bertz CT molecular complexity index is 353. The molecule has 1 aliphatic rings. The standard InChI is InChI=1S/C12H19N3O/c1-9-6-10(8-14-9)7-12(16)15-11-2-4-13-5-3-11/h6,8,11,13-14H,2-5,7H2,1H3,(H,15,16). The third kappa shape index (κ3) is 3.10. The van der Waals surface area contributed by atoms with Crippen molar-refractivity contribution >= 4 is 5.91 Å². The third-order valence-electron chi connectivity index (χ3n) is 2.96. The molecule has 1 aliphatic heterocycles. The number of hydrogen-bond donors (Lipinski definition) is 3. The topological polar surface area (TPSA) is 56.9 Å². The molecule has 0 unspecified atom stereocenters. The lowest BCUT2D eigenvalue weighted by Gasteiger charge is -2.23. The molecule has 0 saturated carbocycles. The minimum atomic E-state index is 0.130. The number of piperidine rings is 1. The van der Waals surface area contributed by atoms with E-state index in [0.29, 0.717) is 12.5 Å². The highest BCUT2D eigenvalue weighted by atomic mass is 16.1. The van der Waals surface area contributed by atoms with Crippen molar-refractivity contribution in [1.29, 1.82) is 0 Å². The van der Waals surface area contributed by atoms with Gasteiger partial charge in [-0.15, -0.1) is 0 Å². The summed E-state index contributed by atoms with van der Waals surface area (Å²) < 4.78 is 0. The molecule has 2 heterocycles. The van der Waals surface area contributed by atoms with Crippen LogP contribution < -0.4 is 10.6 Å². The van der Waals surface area contributed by atoms with E-state index in [-0.39, 0.29) is 5.91 Å². The molecule has 1 aromatic rings. The normalized spacial score (nSPS) is 17.3. The molecular formula is C12H19N3O. The molecule has 0 bridgehead atoms. The molecule has 4 heteroatoms. The second kappa shape index (κ2) is 5.16. The number of rotatable bonds is 3. The van der Waals surface area contributed by atoms with Crippen LogP contribution in [0.25, 0.3) is 0 Å². The van der Waals surface area contributed by atoms with Crippen LogP contribution in [-0.4, -0.2) is 30.0 Å². The predicted molar refractivity (Wildman–Crippen MR) is 63.3 cm³/mol. The van der Waals surface area contributed by atoms with Gasteiger partial charge in [0.2, 0.25) is 5.91 Å². The Morgan fingerprint density at radius 2 is 2.25 bits per heavy atom. The van der Waals surface area contributed by atoms with Crippen molar-refractivity contribution in [3.05, 3.63) is 23.5 Å². The molecule has 1 amide bonds. The van der Waals surface area contributed by atoms with E-state index in [0.717, 1.165) is 37.2 Å². The van der Waals surface area contributed by atoms with Gasteiger partial charge < -0.3 is 15.6 Å². The van der Waals surface area contributed by atoms with E-state index < -0.39 is 0 Å². The van der Waals surface area contributed by atoms with Crippen LogP contribution in [0.15, 0.2) is 12.3 Å². The van der Waals surface area contributed by atoms with Crippen molar-refractivity contribution in [1.82, 2.24) is 15.6 Å². The van der Waals surface area contributed by atoms with Crippen LogP contribution in [0.2, 0.25) is 0 Å². The first kappa shape index (κ1) is 11.2. The Hall–Kier alpha value is -1.29. The summed E-state index contributed by atoms with van der Waals surface area (Å²) >= 11 is 0. The maximum absolute atomic E-state index is 11.7. The largest absolute Gasteiger partial charge is 0.365 e. The van der Waals surface area contributed by atoms with Gasteiger partial charge in [0, 0.05) is 17.9 Å². The molecular weight excluding hydrogens is 202 g/mol. The maximum Gasteiger partial charge on any atom is 0.224 e. The number of carbonyl (C=O) groups is 1. The monoisotopic (exact) mass is 221 g/mol. The van der Waals surface area contributed by atoms with Crippen LogP contribution in [-0.2, 0) is 11.2 Å². The number of nitrogens with one attached hydrogen (secondary N) is 3. The Kier molecular flexibility index (Phi) is 3.62. The Balaban J connectivity index is 1.79. The van der Waals surface area contributed by atoms with Crippen molar-refractivity contribution in [2.45, 2.75) is 32.2 Å². The fraction of sp³-hybridized carbons (Fsp3) is 0.583. The number of aromatic amines is 1. The van der Waals surface area contributed by atoms with Crippen LogP contribution in [0.1, 0.15) is 24.1 Å². The molecule has 3 N–H and O–H groups in total. The molecule has 0 aromatic carbocycles. The van der Waals surface area contributed by atoms with E-state index in [9.17, 15) is 4.79 Å². The molecule has 0 spiro atoms. The van der Waals surface area contributed by atoms with Crippen molar-refractivity contribution in [3.8, 4) is 0 Å². The van der Waals surface area contributed by atoms with Gasteiger partial charge in [0.05, 0.1) is 6.42 Å². The minimum absolute atomic E-state index is 0.130. The second-order valence-electron chi connectivity index (χ2n) is 4.46. The average molecular weight is 221 g/mol. The van der Waals surface area contributed by atoms with E-state index >= 15 is 0 Å². The Labute approximate surface area is 95.8 Å². The lowest BCUT2D eigenvalue weighted by molar-refractivity contribution is -0.121. The van der Waals surface area contributed by atoms with E-state index in [2.05, 4.69) is 15.6 Å². The zero-order valence-corrected chi connectivity index (χ0v) is 9.68. The molecule has 1 saturated heterocycles. The molecule has 0 radical (unpaired) electrons. The van der Waals surface area contributed by atoms with Gasteiger partial charge >= 0.3 is 0 Å². The number of carbonyl (C=O) groups excluding carboxylic acids is 1. The number of amides is 1. The predicted octanol–water partition coefficient (Wildman–Crippen LogP) is 0.734. The van der Waals surface area contributed by atoms with Crippen molar-refractivity contribution in [3.63, 3.8) is 0 Å². The summed E-state index contributed by atoms with van der Waals surface area (Å²) in [5, 5.41) is 6.37.